The normalized spacial score (nSPS) is 13.5. The number of rotatable bonds is 5. The van der Waals surface area contributed by atoms with Crippen LogP contribution in [0.2, 0.25) is 0 Å². The summed E-state index contributed by atoms with van der Waals surface area (Å²) in [4.78, 5) is 42.8. The van der Waals surface area contributed by atoms with Gasteiger partial charge in [0.1, 0.15) is 11.4 Å². The second-order valence-corrected chi connectivity index (χ2v) is 6.54. The molecule has 0 atom stereocenters. The molecule has 2 aromatic heterocycles. The van der Waals surface area contributed by atoms with Crippen molar-refractivity contribution in [1.29, 1.82) is 0 Å². The number of aromatic nitrogens is 2. The van der Waals surface area contributed by atoms with Crippen LogP contribution in [0.3, 0.4) is 0 Å². The highest BCUT2D eigenvalue weighted by Crippen LogP contribution is 2.15. The number of pyridine rings is 2. The van der Waals surface area contributed by atoms with Gasteiger partial charge in [0.25, 0.3) is 17.4 Å². The molecule has 1 aliphatic rings. The lowest BCUT2D eigenvalue weighted by Crippen LogP contribution is -2.31. The zero-order valence-electron chi connectivity index (χ0n) is 15.4. The summed E-state index contributed by atoms with van der Waals surface area (Å²) < 4.78 is 6.74. The van der Waals surface area contributed by atoms with Crippen LogP contribution in [-0.4, -0.2) is 46.0 Å². The van der Waals surface area contributed by atoms with Crippen LogP contribution < -0.4 is 15.6 Å². The Morgan fingerprint density at radius 2 is 2.04 bits per heavy atom. The Labute approximate surface area is 156 Å². The minimum absolute atomic E-state index is 0.0547. The summed E-state index contributed by atoms with van der Waals surface area (Å²) in [5, 5.41) is 2.54. The molecule has 1 saturated heterocycles. The number of aryl methyl sites for hydroxylation is 2. The lowest BCUT2D eigenvalue weighted by molar-refractivity contribution is -0.118. The summed E-state index contributed by atoms with van der Waals surface area (Å²) >= 11 is 0. The van der Waals surface area contributed by atoms with Crippen LogP contribution in [0.1, 0.15) is 28.8 Å². The van der Waals surface area contributed by atoms with E-state index in [1.54, 1.807) is 24.2 Å². The molecule has 0 saturated carbocycles. The molecule has 8 heteroatoms. The number of carbonyl (C=O) groups is 2. The summed E-state index contributed by atoms with van der Waals surface area (Å²) in [6, 6.07) is 3.20. The van der Waals surface area contributed by atoms with E-state index in [0.717, 1.165) is 18.4 Å². The van der Waals surface area contributed by atoms with E-state index >= 15 is 0 Å². The first kappa shape index (κ1) is 18.6. The smallest absolute Gasteiger partial charge is 0.274 e. The Hall–Kier alpha value is -3.16. The zero-order chi connectivity index (χ0) is 19.4. The first-order valence-corrected chi connectivity index (χ1v) is 8.79. The minimum atomic E-state index is -0.485. The molecule has 0 unspecified atom stereocenters. The molecule has 3 rings (SSSR count). The fraction of sp³-hybridized carbons (Fsp3) is 0.368. The highest BCUT2D eigenvalue weighted by Gasteiger charge is 2.21. The van der Waals surface area contributed by atoms with Crippen LogP contribution in [0.25, 0.3) is 0 Å². The van der Waals surface area contributed by atoms with E-state index in [1.165, 1.54) is 23.0 Å². The maximum Gasteiger partial charge on any atom is 0.274 e. The number of nitrogens with zero attached hydrogens (tertiary/aromatic N) is 3. The van der Waals surface area contributed by atoms with Gasteiger partial charge in [0.05, 0.1) is 11.8 Å². The number of hydrogen-bond donors (Lipinski definition) is 1. The molecule has 0 radical (unpaired) electrons. The van der Waals surface area contributed by atoms with Crippen LogP contribution >= 0.6 is 0 Å². The third-order valence-electron chi connectivity index (χ3n) is 4.45. The molecule has 1 aliphatic heterocycles. The number of nitrogens with one attached hydrogen (secondary N) is 1. The fourth-order valence-electron chi connectivity index (χ4n) is 2.95. The van der Waals surface area contributed by atoms with Crippen molar-refractivity contribution < 1.29 is 14.3 Å². The Bertz CT molecular complexity index is 916. The number of likely N-dealkylation sites (tertiary alicyclic amines) is 1. The van der Waals surface area contributed by atoms with E-state index in [1.807, 2.05) is 6.92 Å². The molecule has 3 heterocycles. The van der Waals surface area contributed by atoms with Crippen LogP contribution in [0.15, 0.2) is 35.5 Å². The summed E-state index contributed by atoms with van der Waals surface area (Å²) in [6.45, 7) is 3.00. The van der Waals surface area contributed by atoms with E-state index in [9.17, 15) is 14.4 Å². The molecule has 0 bridgehead atoms. The highest BCUT2D eigenvalue weighted by atomic mass is 16.5. The summed E-state index contributed by atoms with van der Waals surface area (Å²) in [7, 11) is 1.55. The van der Waals surface area contributed by atoms with Crippen molar-refractivity contribution in [2.24, 2.45) is 7.05 Å². The second-order valence-electron chi connectivity index (χ2n) is 6.54. The number of hydrogen-bond acceptors (Lipinski definition) is 5. The number of carbonyl (C=O) groups excluding carboxylic acids is 2. The van der Waals surface area contributed by atoms with Gasteiger partial charge in [0.2, 0.25) is 0 Å². The van der Waals surface area contributed by atoms with Gasteiger partial charge in [-0.2, -0.15) is 0 Å². The van der Waals surface area contributed by atoms with Gasteiger partial charge < -0.3 is 19.5 Å². The molecule has 27 heavy (non-hydrogen) atoms. The standard InChI is InChI=1S/C19H22N4O4/c1-13-5-6-20-10-16(13)27-12-17(24)21-15-9-14(11-22(2)19(15)26)18(25)23-7-3-4-8-23/h5-6,9-11H,3-4,7-8,12H2,1-2H3,(H,21,24). The van der Waals surface area contributed by atoms with Crippen molar-refractivity contribution >= 4 is 17.5 Å². The Morgan fingerprint density at radius 3 is 2.74 bits per heavy atom. The third kappa shape index (κ3) is 4.33. The zero-order valence-corrected chi connectivity index (χ0v) is 15.4. The summed E-state index contributed by atoms with van der Waals surface area (Å²) in [5.41, 5.74) is 0.892. The highest BCUT2D eigenvalue weighted by molar-refractivity contribution is 5.97. The second kappa shape index (κ2) is 8.03. The van der Waals surface area contributed by atoms with Crippen LogP contribution in [-0.2, 0) is 11.8 Å². The Balaban J connectivity index is 1.71. The minimum Gasteiger partial charge on any atom is -0.482 e. The SMILES string of the molecule is Cc1ccncc1OCC(=O)Nc1cc(C(=O)N2CCCC2)cn(C)c1=O. The lowest BCUT2D eigenvalue weighted by Gasteiger charge is -2.16. The van der Waals surface area contributed by atoms with Crippen molar-refractivity contribution in [3.63, 3.8) is 0 Å². The van der Waals surface area contributed by atoms with Gasteiger partial charge in [-0.15, -0.1) is 0 Å². The van der Waals surface area contributed by atoms with Crippen molar-refractivity contribution in [2.75, 3.05) is 25.0 Å². The lowest BCUT2D eigenvalue weighted by atomic mass is 10.2. The molecule has 1 N–H and O–H groups in total. The van der Waals surface area contributed by atoms with E-state index in [4.69, 9.17) is 4.74 Å². The van der Waals surface area contributed by atoms with Crippen LogP contribution in [0.5, 0.6) is 5.75 Å². The molecule has 142 valence electrons. The van der Waals surface area contributed by atoms with E-state index in [-0.39, 0.29) is 23.8 Å². The largest absolute Gasteiger partial charge is 0.482 e. The molecule has 2 amide bonds. The van der Waals surface area contributed by atoms with Crippen LogP contribution in [0.4, 0.5) is 5.69 Å². The topological polar surface area (TPSA) is 93.5 Å². The molecule has 0 spiro atoms. The van der Waals surface area contributed by atoms with Crippen LogP contribution in [0, 0.1) is 6.92 Å². The Kier molecular flexibility index (Phi) is 5.54. The molecule has 0 aliphatic carbocycles. The third-order valence-corrected chi connectivity index (χ3v) is 4.45. The molecule has 2 aromatic rings. The van der Waals surface area contributed by atoms with Gasteiger partial charge in [0.15, 0.2) is 6.61 Å². The van der Waals surface area contributed by atoms with Gasteiger partial charge in [-0.25, -0.2) is 0 Å². The summed E-state index contributed by atoms with van der Waals surface area (Å²) in [5.74, 6) is -0.125. The average molecular weight is 370 g/mol. The molecular formula is C19H22N4O4. The molecule has 1 fully saturated rings. The molecular weight excluding hydrogens is 348 g/mol. The monoisotopic (exact) mass is 370 g/mol. The van der Waals surface area contributed by atoms with E-state index in [2.05, 4.69) is 10.3 Å². The van der Waals surface area contributed by atoms with E-state index < -0.39 is 5.91 Å². The van der Waals surface area contributed by atoms with Crippen molar-refractivity contribution in [3.05, 3.63) is 52.2 Å². The molecule has 8 nitrogen and oxygen atoms in total. The van der Waals surface area contributed by atoms with Crippen molar-refractivity contribution in [2.45, 2.75) is 19.8 Å². The van der Waals surface area contributed by atoms with E-state index in [0.29, 0.717) is 24.4 Å². The van der Waals surface area contributed by atoms with Gasteiger partial charge >= 0.3 is 0 Å². The number of amides is 2. The molecule has 0 aromatic carbocycles. The summed E-state index contributed by atoms with van der Waals surface area (Å²) in [6.07, 6.45) is 6.61. The average Bonchev–Trinajstić information content (AvgIpc) is 3.18. The number of anilines is 1. The predicted octanol–water partition coefficient (Wildman–Crippen LogP) is 1.34. The Morgan fingerprint density at radius 1 is 1.30 bits per heavy atom. The maximum absolute atomic E-state index is 12.6. The van der Waals surface area contributed by atoms with Crippen molar-refractivity contribution in [3.8, 4) is 5.75 Å². The fourth-order valence-corrected chi connectivity index (χ4v) is 2.95. The van der Waals surface area contributed by atoms with Crippen molar-refractivity contribution in [1.82, 2.24) is 14.5 Å². The van der Waals surface area contributed by atoms with Gasteiger partial charge in [-0.05, 0) is 37.5 Å². The van der Waals surface area contributed by atoms with Gasteiger partial charge in [-0.3, -0.25) is 19.4 Å². The maximum atomic E-state index is 12.6. The van der Waals surface area contributed by atoms with Gasteiger partial charge in [-0.1, -0.05) is 0 Å². The predicted molar refractivity (Wildman–Crippen MR) is 99.9 cm³/mol. The number of ether oxygens (including phenoxy) is 1. The first-order chi connectivity index (χ1) is 13.0. The van der Waals surface area contributed by atoms with Gasteiger partial charge in [0, 0.05) is 32.5 Å². The first-order valence-electron chi connectivity index (χ1n) is 8.79. The quantitative estimate of drug-likeness (QED) is 0.857.